The smallest absolute Gasteiger partial charge is 0.293 e. The van der Waals surface area contributed by atoms with Crippen molar-refractivity contribution >= 4 is 48.9 Å². The number of benzene rings is 2. The van der Waals surface area contributed by atoms with Crippen LogP contribution in [0.4, 0.5) is 17.1 Å². The summed E-state index contributed by atoms with van der Waals surface area (Å²) in [4.78, 5) is 10.6. The first kappa shape index (κ1) is 14.0. The lowest BCUT2D eigenvalue weighted by Gasteiger charge is -2.09. The molecule has 0 saturated heterocycles. The Morgan fingerprint density at radius 2 is 1.89 bits per heavy atom. The Balaban J connectivity index is 2.37. The molecule has 0 heterocycles. The molecule has 0 radical (unpaired) electrons. The molecule has 0 saturated carbocycles. The van der Waals surface area contributed by atoms with Crippen LogP contribution in [0.15, 0.2) is 45.3 Å². The van der Waals surface area contributed by atoms with Crippen molar-refractivity contribution in [1.82, 2.24) is 0 Å². The van der Waals surface area contributed by atoms with Crippen LogP contribution in [0.1, 0.15) is 5.56 Å². The van der Waals surface area contributed by atoms with Crippen molar-refractivity contribution in [2.45, 2.75) is 6.92 Å². The molecular weight excluding hydrogens is 376 g/mol. The summed E-state index contributed by atoms with van der Waals surface area (Å²) in [5.74, 6) is 0. The molecule has 0 aliphatic rings. The second-order valence-electron chi connectivity index (χ2n) is 4.01. The van der Waals surface area contributed by atoms with Gasteiger partial charge in [-0.25, -0.2) is 0 Å². The number of hydrogen-bond donors (Lipinski definition) is 1. The standard InChI is InChI=1S/C13H10Br2N2O2/c1-8-2-4-10(7-11(8)15)16-12-5-3-9(14)6-13(12)17(18)19/h2-7,16H,1H3. The third kappa shape index (κ3) is 3.33. The predicted molar refractivity (Wildman–Crippen MR) is 83.0 cm³/mol. The van der Waals surface area contributed by atoms with Crippen LogP contribution >= 0.6 is 31.9 Å². The molecule has 98 valence electrons. The number of rotatable bonds is 3. The molecule has 0 spiro atoms. The molecule has 19 heavy (non-hydrogen) atoms. The van der Waals surface area contributed by atoms with Gasteiger partial charge in [0.1, 0.15) is 5.69 Å². The van der Waals surface area contributed by atoms with Crippen LogP contribution in [-0.2, 0) is 0 Å². The normalized spacial score (nSPS) is 10.3. The average molecular weight is 386 g/mol. The lowest BCUT2D eigenvalue weighted by atomic mass is 10.2. The van der Waals surface area contributed by atoms with Crippen molar-refractivity contribution in [3.8, 4) is 0 Å². The summed E-state index contributed by atoms with van der Waals surface area (Å²) in [5, 5.41) is 14.1. The summed E-state index contributed by atoms with van der Waals surface area (Å²) in [7, 11) is 0. The number of nitrogens with one attached hydrogen (secondary N) is 1. The van der Waals surface area contributed by atoms with E-state index in [4.69, 9.17) is 0 Å². The van der Waals surface area contributed by atoms with Crippen LogP contribution in [0.5, 0.6) is 0 Å². The van der Waals surface area contributed by atoms with Crippen molar-refractivity contribution in [3.05, 3.63) is 61.0 Å². The van der Waals surface area contributed by atoms with E-state index in [0.29, 0.717) is 10.2 Å². The Kier molecular flexibility index (Phi) is 4.21. The Bertz CT molecular complexity index is 645. The zero-order valence-corrected chi connectivity index (χ0v) is 13.2. The van der Waals surface area contributed by atoms with Crippen molar-refractivity contribution in [2.75, 3.05) is 5.32 Å². The molecule has 6 heteroatoms. The van der Waals surface area contributed by atoms with Crippen molar-refractivity contribution < 1.29 is 4.92 Å². The van der Waals surface area contributed by atoms with Crippen LogP contribution in [0.3, 0.4) is 0 Å². The summed E-state index contributed by atoms with van der Waals surface area (Å²) in [6.07, 6.45) is 0. The molecule has 0 fully saturated rings. The highest BCUT2D eigenvalue weighted by atomic mass is 79.9. The second-order valence-corrected chi connectivity index (χ2v) is 5.78. The van der Waals surface area contributed by atoms with E-state index in [9.17, 15) is 10.1 Å². The van der Waals surface area contributed by atoms with E-state index in [1.807, 2.05) is 25.1 Å². The second kappa shape index (κ2) is 5.71. The molecule has 0 aliphatic carbocycles. The largest absolute Gasteiger partial charge is 0.350 e. The van der Waals surface area contributed by atoms with Gasteiger partial charge in [0.15, 0.2) is 0 Å². The Hall–Kier alpha value is -1.40. The first-order valence-electron chi connectivity index (χ1n) is 5.44. The molecule has 0 amide bonds. The van der Waals surface area contributed by atoms with Gasteiger partial charge in [0.25, 0.3) is 5.69 Å². The van der Waals surface area contributed by atoms with Gasteiger partial charge in [0.2, 0.25) is 0 Å². The Labute approximate surface area is 127 Å². The predicted octanol–water partition coefficient (Wildman–Crippen LogP) is 5.17. The molecular formula is C13H10Br2N2O2. The monoisotopic (exact) mass is 384 g/mol. The summed E-state index contributed by atoms with van der Waals surface area (Å²) < 4.78 is 1.63. The number of aryl methyl sites for hydroxylation is 1. The van der Waals surface area contributed by atoms with E-state index >= 15 is 0 Å². The molecule has 1 N–H and O–H groups in total. The van der Waals surface area contributed by atoms with Gasteiger partial charge in [0.05, 0.1) is 4.92 Å². The highest BCUT2D eigenvalue weighted by Crippen LogP contribution is 2.31. The molecule has 0 unspecified atom stereocenters. The highest BCUT2D eigenvalue weighted by Gasteiger charge is 2.14. The Morgan fingerprint density at radius 3 is 2.53 bits per heavy atom. The van der Waals surface area contributed by atoms with Crippen LogP contribution in [0.2, 0.25) is 0 Å². The SMILES string of the molecule is Cc1ccc(Nc2ccc(Br)cc2[N+](=O)[O-])cc1Br. The van der Waals surface area contributed by atoms with Gasteiger partial charge in [-0.2, -0.15) is 0 Å². The van der Waals surface area contributed by atoms with Crippen LogP contribution < -0.4 is 5.32 Å². The van der Waals surface area contributed by atoms with Crippen molar-refractivity contribution in [3.63, 3.8) is 0 Å². The van der Waals surface area contributed by atoms with E-state index in [2.05, 4.69) is 37.2 Å². The van der Waals surface area contributed by atoms with E-state index in [-0.39, 0.29) is 5.69 Å². The molecule has 0 bridgehead atoms. The molecule has 2 rings (SSSR count). The fourth-order valence-electron chi connectivity index (χ4n) is 1.59. The van der Waals surface area contributed by atoms with Gasteiger partial charge < -0.3 is 5.32 Å². The van der Waals surface area contributed by atoms with Crippen LogP contribution in [0, 0.1) is 17.0 Å². The minimum atomic E-state index is -0.406. The number of hydrogen-bond acceptors (Lipinski definition) is 3. The third-order valence-electron chi connectivity index (χ3n) is 2.61. The number of nitro groups is 1. The maximum absolute atomic E-state index is 11.0. The van der Waals surface area contributed by atoms with Gasteiger partial charge >= 0.3 is 0 Å². The maximum Gasteiger partial charge on any atom is 0.293 e. The fourth-order valence-corrected chi connectivity index (χ4v) is 2.32. The topological polar surface area (TPSA) is 55.2 Å². The summed E-state index contributed by atoms with van der Waals surface area (Å²) in [6, 6.07) is 10.6. The van der Waals surface area contributed by atoms with Gasteiger partial charge in [-0.1, -0.05) is 37.9 Å². The van der Waals surface area contributed by atoms with Crippen LogP contribution in [-0.4, -0.2) is 4.92 Å². The van der Waals surface area contributed by atoms with E-state index in [1.165, 1.54) is 6.07 Å². The zero-order chi connectivity index (χ0) is 14.0. The summed E-state index contributed by atoms with van der Waals surface area (Å²) >= 11 is 6.67. The quantitative estimate of drug-likeness (QED) is 0.585. The van der Waals surface area contributed by atoms with E-state index < -0.39 is 4.92 Å². The first-order valence-corrected chi connectivity index (χ1v) is 7.03. The van der Waals surface area contributed by atoms with Gasteiger partial charge in [-0.3, -0.25) is 10.1 Å². The van der Waals surface area contributed by atoms with Crippen LogP contribution in [0.25, 0.3) is 0 Å². The van der Waals surface area contributed by atoms with Crippen molar-refractivity contribution in [1.29, 1.82) is 0 Å². The number of anilines is 2. The van der Waals surface area contributed by atoms with E-state index in [1.54, 1.807) is 12.1 Å². The maximum atomic E-state index is 11.0. The lowest BCUT2D eigenvalue weighted by molar-refractivity contribution is -0.384. The number of nitro benzene ring substituents is 1. The molecule has 2 aromatic carbocycles. The average Bonchev–Trinajstić information content (AvgIpc) is 2.36. The lowest BCUT2D eigenvalue weighted by Crippen LogP contribution is -1.97. The molecule has 4 nitrogen and oxygen atoms in total. The number of nitrogens with zero attached hydrogens (tertiary/aromatic N) is 1. The number of halogens is 2. The summed E-state index contributed by atoms with van der Waals surface area (Å²) in [5.41, 5.74) is 2.40. The minimum Gasteiger partial charge on any atom is -0.350 e. The molecule has 2 aromatic rings. The van der Waals surface area contributed by atoms with Crippen molar-refractivity contribution in [2.24, 2.45) is 0 Å². The zero-order valence-electron chi connectivity index (χ0n) is 9.98. The van der Waals surface area contributed by atoms with Gasteiger partial charge in [-0.05, 0) is 36.8 Å². The highest BCUT2D eigenvalue weighted by molar-refractivity contribution is 9.10. The van der Waals surface area contributed by atoms with Gasteiger partial charge in [-0.15, -0.1) is 0 Å². The van der Waals surface area contributed by atoms with E-state index in [0.717, 1.165) is 15.7 Å². The molecule has 0 aromatic heterocycles. The minimum absolute atomic E-state index is 0.0334. The summed E-state index contributed by atoms with van der Waals surface area (Å²) in [6.45, 7) is 1.98. The third-order valence-corrected chi connectivity index (χ3v) is 3.95. The van der Waals surface area contributed by atoms with Gasteiger partial charge in [0, 0.05) is 20.7 Å². The molecule has 0 atom stereocenters. The molecule has 0 aliphatic heterocycles. The Morgan fingerprint density at radius 1 is 1.16 bits per heavy atom. The first-order chi connectivity index (χ1) is 8.97. The fraction of sp³-hybridized carbons (Fsp3) is 0.0769.